The predicted octanol–water partition coefficient (Wildman–Crippen LogP) is 2.94. The number of hydrogen-bond acceptors (Lipinski definition) is 6. The molecule has 1 aliphatic heterocycles. The smallest absolute Gasteiger partial charge is 0.331 e. The van der Waals surface area contributed by atoms with E-state index in [4.69, 9.17) is 13.9 Å². The Labute approximate surface area is 204 Å². The average Bonchev–Trinajstić information content (AvgIpc) is 3.27. The van der Waals surface area contributed by atoms with Crippen molar-refractivity contribution in [1.82, 2.24) is 13.7 Å². The minimum Gasteiger partial charge on any atom is -0.497 e. The zero-order valence-electron chi connectivity index (χ0n) is 20.0. The fraction of sp³-hybridized carbons (Fsp3) is 0.222. The highest BCUT2D eigenvalue weighted by Crippen LogP contribution is 2.40. The van der Waals surface area contributed by atoms with E-state index in [2.05, 4.69) is 0 Å². The minimum atomic E-state index is -0.827. The minimum absolute atomic E-state index is 0.218. The molecule has 3 aromatic heterocycles. The van der Waals surface area contributed by atoms with Crippen LogP contribution in [-0.2, 0) is 25.4 Å². The lowest BCUT2D eigenvalue weighted by Crippen LogP contribution is -2.37. The van der Waals surface area contributed by atoms with Crippen molar-refractivity contribution in [2.24, 2.45) is 14.1 Å². The second kappa shape index (κ2) is 8.10. The van der Waals surface area contributed by atoms with Gasteiger partial charge in [0.05, 0.1) is 47.0 Å². The maximum atomic E-state index is 13.5. The number of para-hydroxylation sites is 1. The molecule has 1 atom stereocenters. The van der Waals surface area contributed by atoms with Crippen LogP contribution in [0.2, 0.25) is 0 Å². The molecule has 1 aliphatic rings. The summed E-state index contributed by atoms with van der Waals surface area (Å²) in [6.45, 7) is 0.750. The molecule has 2 aromatic carbocycles. The van der Waals surface area contributed by atoms with Gasteiger partial charge in [0, 0.05) is 20.6 Å². The van der Waals surface area contributed by atoms with E-state index in [9.17, 15) is 14.4 Å². The molecule has 9 nitrogen and oxygen atoms in total. The zero-order chi connectivity index (χ0) is 25.1. The second-order valence-corrected chi connectivity index (χ2v) is 8.81. The molecule has 0 saturated heterocycles. The molecule has 5 aromatic rings. The highest BCUT2D eigenvalue weighted by atomic mass is 16.5. The summed E-state index contributed by atoms with van der Waals surface area (Å²) in [6.07, 6.45) is 0.586. The molecule has 9 heteroatoms. The molecule has 1 unspecified atom stereocenters. The fourth-order valence-corrected chi connectivity index (χ4v) is 5.14. The van der Waals surface area contributed by atoms with Gasteiger partial charge in [-0.3, -0.25) is 18.7 Å². The number of aryl methyl sites for hydroxylation is 1. The van der Waals surface area contributed by atoms with Crippen LogP contribution in [0.25, 0.3) is 33.1 Å². The van der Waals surface area contributed by atoms with Gasteiger partial charge >= 0.3 is 5.69 Å². The van der Waals surface area contributed by atoms with Crippen LogP contribution < -0.4 is 21.4 Å². The van der Waals surface area contributed by atoms with E-state index in [-0.39, 0.29) is 5.43 Å². The number of nitrogens with zero attached hydrogens (tertiary/aromatic N) is 3. The van der Waals surface area contributed by atoms with Crippen LogP contribution in [0, 0.1) is 0 Å². The van der Waals surface area contributed by atoms with Crippen molar-refractivity contribution in [2.45, 2.75) is 12.6 Å². The SMILES string of the molecule is COc1ccc(-c2c3c(=O)n(C)c(=O)n(C)c3c3n2CCOC3c2coc3ccccc3c2=O)cc1. The van der Waals surface area contributed by atoms with Gasteiger partial charge in [-0.15, -0.1) is 0 Å². The highest BCUT2D eigenvalue weighted by molar-refractivity contribution is 5.96. The van der Waals surface area contributed by atoms with E-state index in [0.717, 1.165) is 10.1 Å². The van der Waals surface area contributed by atoms with Crippen molar-refractivity contribution in [1.29, 1.82) is 0 Å². The van der Waals surface area contributed by atoms with Gasteiger partial charge in [0.15, 0.2) is 5.43 Å². The van der Waals surface area contributed by atoms with Crippen molar-refractivity contribution in [2.75, 3.05) is 13.7 Å². The predicted molar refractivity (Wildman–Crippen MR) is 135 cm³/mol. The maximum Gasteiger partial charge on any atom is 0.331 e. The van der Waals surface area contributed by atoms with Gasteiger partial charge in [-0.1, -0.05) is 12.1 Å². The van der Waals surface area contributed by atoms with Crippen LogP contribution in [0.15, 0.2) is 73.6 Å². The largest absolute Gasteiger partial charge is 0.497 e. The summed E-state index contributed by atoms with van der Waals surface area (Å²) < 4.78 is 21.8. The van der Waals surface area contributed by atoms with Crippen LogP contribution in [-0.4, -0.2) is 27.4 Å². The molecule has 6 rings (SSSR count). The topological polar surface area (TPSA) is 97.6 Å². The molecular formula is C27H23N3O6. The molecule has 0 spiro atoms. The van der Waals surface area contributed by atoms with Crippen molar-refractivity contribution in [3.05, 3.63) is 97.1 Å². The summed E-state index contributed by atoms with van der Waals surface area (Å²) in [4.78, 5) is 40.0. The number of fused-ring (bicyclic) bond motifs is 4. The first-order valence-electron chi connectivity index (χ1n) is 11.5. The molecule has 0 amide bonds. The number of methoxy groups -OCH3 is 1. The third-order valence-corrected chi connectivity index (χ3v) is 6.91. The fourth-order valence-electron chi connectivity index (χ4n) is 5.14. The Morgan fingerprint density at radius 1 is 0.972 bits per heavy atom. The van der Waals surface area contributed by atoms with Crippen LogP contribution >= 0.6 is 0 Å². The lowest BCUT2D eigenvalue weighted by Gasteiger charge is -2.27. The Balaban J connectivity index is 1.73. The van der Waals surface area contributed by atoms with Gasteiger partial charge in [-0.05, 0) is 42.0 Å². The Kier molecular flexibility index (Phi) is 4.97. The molecule has 0 radical (unpaired) electrons. The quantitative estimate of drug-likeness (QED) is 0.390. The summed E-state index contributed by atoms with van der Waals surface area (Å²) in [7, 11) is 4.67. The monoisotopic (exact) mass is 485 g/mol. The van der Waals surface area contributed by atoms with Gasteiger partial charge < -0.3 is 18.5 Å². The van der Waals surface area contributed by atoms with Gasteiger partial charge in [0.25, 0.3) is 5.56 Å². The standard InChI is InChI=1S/C27H23N3O6/c1-28-22-20(26(32)29(2)27(28)33)21(15-8-10-16(34-3)11-9-15)30-12-13-35-25(23(22)30)18-14-36-19-7-5-4-6-17(19)24(18)31/h4-11,14,25H,12-13H2,1-3H3. The first-order chi connectivity index (χ1) is 17.4. The normalized spacial score (nSPS) is 15.4. The third-order valence-electron chi connectivity index (χ3n) is 6.91. The Bertz CT molecular complexity index is 1840. The van der Waals surface area contributed by atoms with E-state index in [1.54, 1.807) is 38.4 Å². The lowest BCUT2D eigenvalue weighted by molar-refractivity contribution is 0.0463. The van der Waals surface area contributed by atoms with E-state index >= 15 is 0 Å². The van der Waals surface area contributed by atoms with Gasteiger partial charge in [-0.2, -0.15) is 0 Å². The molecule has 0 fully saturated rings. The molecule has 4 heterocycles. The van der Waals surface area contributed by atoms with Gasteiger partial charge in [0.1, 0.15) is 23.7 Å². The van der Waals surface area contributed by atoms with Crippen molar-refractivity contribution < 1.29 is 13.9 Å². The van der Waals surface area contributed by atoms with Crippen molar-refractivity contribution in [3.8, 4) is 17.0 Å². The van der Waals surface area contributed by atoms with Crippen LogP contribution in [0.5, 0.6) is 5.75 Å². The number of ether oxygens (including phenoxy) is 2. The molecule has 0 N–H and O–H groups in total. The van der Waals surface area contributed by atoms with Crippen LogP contribution in [0.1, 0.15) is 17.4 Å². The Morgan fingerprint density at radius 3 is 2.47 bits per heavy atom. The number of benzene rings is 2. The summed E-state index contributed by atoms with van der Waals surface area (Å²) in [6, 6.07) is 14.4. The maximum absolute atomic E-state index is 13.5. The molecule has 36 heavy (non-hydrogen) atoms. The Hall–Kier alpha value is -4.37. The number of rotatable bonds is 3. The van der Waals surface area contributed by atoms with Crippen molar-refractivity contribution >= 4 is 21.9 Å². The van der Waals surface area contributed by atoms with Crippen molar-refractivity contribution in [3.63, 3.8) is 0 Å². The molecule has 0 bridgehead atoms. The van der Waals surface area contributed by atoms with Crippen LogP contribution in [0.3, 0.4) is 0 Å². The first-order valence-corrected chi connectivity index (χ1v) is 11.5. The summed E-state index contributed by atoms with van der Waals surface area (Å²) >= 11 is 0. The Morgan fingerprint density at radius 2 is 1.72 bits per heavy atom. The summed E-state index contributed by atoms with van der Waals surface area (Å²) in [5.74, 6) is 0.684. The van der Waals surface area contributed by atoms with E-state index in [1.165, 1.54) is 17.9 Å². The van der Waals surface area contributed by atoms with E-state index in [0.29, 0.717) is 57.7 Å². The molecular weight excluding hydrogens is 462 g/mol. The molecule has 0 aliphatic carbocycles. The van der Waals surface area contributed by atoms with Gasteiger partial charge in [-0.25, -0.2) is 4.79 Å². The molecule has 182 valence electrons. The average molecular weight is 485 g/mol. The van der Waals surface area contributed by atoms with Crippen LogP contribution in [0.4, 0.5) is 0 Å². The summed E-state index contributed by atoms with van der Waals surface area (Å²) in [5.41, 5.74) is 2.15. The third kappa shape index (κ3) is 3.02. The number of hydrogen-bond donors (Lipinski definition) is 0. The van der Waals surface area contributed by atoms with E-state index < -0.39 is 17.4 Å². The zero-order valence-corrected chi connectivity index (χ0v) is 20.0. The highest BCUT2D eigenvalue weighted by Gasteiger charge is 2.34. The van der Waals surface area contributed by atoms with Gasteiger partial charge in [0.2, 0.25) is 0 Å². The number of aromatic nitrogens is 3. The molecule has 0 saturated carbocycles. The lowest BCUT2D eigenvalue weighted by atomic mass is 10.0. The summed E-state index contributed by atoms with van der Waals surface area (Å²) in [5, 5.41) is 0.826. The second-order valence-electron chi connectivity index (χ2n) is 8.81. The van der Waals surface area contributed by atoms with E-state index in [1.807, 2.05) is 28.8 Å². The first kappa shape index (κ1) is 22.1.